The van der Waals surface area contributed by atoms with Crippen LogP contribution in [0.1, 0.15) is 23.7 Å². The van der Waals surface area contributed by atoms with Crippen molar-refractivity contribution < 1.29 is 18.0 Å². The second kappa shape index (κ2) is 7.94. The van der Waals surface area contributed by atoms with Crippen molar-refractivity contribution in [1.82, 2.24) is 5.32 Å². The van der Waals surface area contributed by atoms with E-state index >= 15 is 0 Å². The molecule has 132 valence electrons. The molecule has 25 heavy (non-hydrogen) atoms. The number of carbonyl (C=O) groups is 2. The first kappa shape index (κ1) is 18.7. The molecule has 0 aliphatic carbocycles. The molecule has 0 aromatic heterocycles. The van der Waals surface area contributed by atoms with Crippen LogP contribution in [0.4, 0.5) is 5.69 Å². The van der Waals surface area contributed by atoms with Gasteiger partial charge in [0.25, 0.3) is 5.91 Å². The molecule has 0 saturated carbocycles. The van der Waals surface area contributed by atoms with Crippen LogP contribution in [0.5, 0.6) is 0 Å². The van der Waals surface area contributed by atoms with Gasteiger partial charge in [0.15, 0.2) is 9.84 Å². The molecule has 1 unspecified atom stereocenters. The Morgan fingerprint density at radius 3 is 2.36 bits per heavy atom. The van der Waals surface area contributed by atoms with E-state index in [0.717, 1.165) is 6.26 Å². The van der Waals surface area contributed by atoms with E-state index in [1.165, 1.54) is 12.1 Å². The number of rotatable bonds is 6. The molecule has 2 rings (SSSR count). The van der Waals surface area contributed by atoms with Crippen molar-refractivity contribution in [2.45, 2.75) is 24.3 Å². The number of sulfone groups is 1. The van der Waals surface area contributed by atoms with Gasteiger partial charge in [0.2, 0.25) is 5.91 Å². The summed E-state index contributed by atoms with van der Waals surface area (Å²) in [6, 6.07) is 14.4. The lowest BCUT2D eigenvalue weighted by Crippen LogP contribution is -2.35. The second-order valence-corrected chi connectivity index (χ2v) is 7.81. The number of benzene rings is 2. The molecule has 2 amide bonds. The molecule has 0 aliphatic heterocycles. The Kier molecular flexibility index (Phi) is 5.93. The van der Waals surface area contributed by atoms with Crippen LogP contribution < -0.4 is 10.6 Å². The average Bonchev–Trinajstić information content (AvgIpc) is 2.54. The molecule has 0 radical (unpaired) electrons. The Morgan fingerprint density at radius 1 is 1.04 bits per heavy atom. The van der Waals surface area contributed by atoms with E-state index in [4.69, 9.17) is 0 Å². The van der Waals surface area contributed by atoms with Crippen LogP contribution in [0.25, 0.3) is 0 Å². The third-order valence-corrected chi connectivity index (χ3v) is 4.56. The van der Waals surface area contributed by atoms with Gasteiger partial charge in [-0.15, -0.1) is 0 Å². The number of hydrogen-bond acceptors (Lipinski definition) is 4. The maximum Gasteiger partial charge on any atom is 0.251 e. The maximum atomic E-state index is 12.1. The third-order valence-electron chi connectivity index (χ3n) is 3.45. The Hall–Kier alpha value is -2.67. The number of anilines is 1. The van der Waals surface area contributed by atoms with E-state index in [2.05, 4.69) is 10.6 Å². The van der Waals surface area contributed by atoms with Crippen LogP contribution in [0.2, 0.25) is 0 Å². The molecule has 7 heteroatoms. The smallest absolute Gasteiger partial charge is 0.251 e. The number of carbonyl (C=O) groups excluding carboxylic acids is 2. The lowest BCUT2D eigenvalue weighted by molar-refractivity contribution is -0.116. The summed E-state index contributed by atoms with van der Waals surface area (Å²) >= 11 is 0. The topological polar surface area (TPSA) is 92.3 Å². The SMILES string of the molecule is CC(CC(=O)Nc1cccc(S(C)(=O)=O)c1)NC(=O)c1ccccc1. The van der Waals surface area contributed by atoms with Gasteiger partial charge in [-0.1, -0.05) is 24.3 Å². The molecule has 0 aliphatic rings. The monoisotopic (exact) mass is 360 g/mol. The highest BCUT2D eigenvalue weighted by Gasteiger charge is 2.14. The minimum absolute atomic E-state index is 0.0711. The zero-order valence-electron chi connectivity index (χ0n) is 14.0. The molecule has 2 aromatic carbocycles. The van der Waals surface area contributed by atoms with Gasteiger partial charge >= 0.3 is 0 Å². The predicted octanol–water partition coefficient (Wildman–Crippen LogP) is 2.24. The Morgan fingerprint density at radius 2 is 1.72 bits per heavy atom. The van der Waals surface area contributed by atoms with Crippen LogP contribution in [0, 0.1) is 0 Å². The van der Waals surface area contributed by atoms with E-state index in [-0.39, 0.29) is 29.2 Å². The van der Waals surface area contributed by atoms with Crippen molar-refractivity contribution in [1.29, 1.82) is 0 Å². The minimum Gasteiger partial charge on any atom is -0.349 e. The number of hydrogen-bond donors (Lipinski definition) is 2. The fraction of sp³-hybridized carbons (Fsp3) is 0.222. The first-order valence-corrected chi connectivity index (χ1v) is 9.61. The van der Waals surface area contributed by atoms with E-state index in [1.54, 1.807) is 43.3 Å². The third kappa shape index (κ3) is 5.72. The van der Waals surface area contributed by atoms with Gasteiger partial charge < -0.3 is 10.6 Å². The summed E-state index contributed by atoms with van der Waals surface area (Å²) in [7, 11) is -3.34. The maximum absolute atomic E-state index is 12.1. The van der Waals surface area contributed by atoms with Gasteiger partial charge in [-0.2, -0.15) is 0 Å². The van der Waals surface area contributed by atoms with Crippen molar-refractivity contribution in [3.63, 3.8) is 0 Å². The largest absolute Gasteiger partial charge is 0.349 e. The number of amides is 2. The van der Waals surface area contributed by atoms with Crippen molar-refractivity contribution in [2.24, 2.45) is 0 Å². The molecule has 6 nitrogen and oxygen atoms in total. The molecular formula is C18H20N2O4S. The van der Waals surface area contributed by atoms with Gasteiger partial charge in [-0.3, -0.25) is 9.59 Å². The predicted molar refractivity (Wildman–Crippen MR) is 96.2 cm³/mol. The van der Waals surface area contributed by atoms with Crippen molar-refractivity contribution in [3.8, 4) is 0 Å². The molecule has 2 aromatic rings. The first-order valence-electron chi connectivity index (χ1n) is 7.71. The standard InChI is InChI=1S/C18H20N2O4S/c1-13(19-18(22)14-7-4-3-5-8-14)11-17(21)20-15-9-6-10-16(12-15)25(2,23)24/h3-10,12-13H,11H2,1-2H3,(H,19,22)(H,20,21). The highest BCUT2D eigenvalue weighted by atomic mass is 32.2. The van der Waals surface area contributed by atoms with Gasteiger partial charge in [0.1, 0.15) is 0 Å². The molecule has 2 N–H and O–H groups in total. The summed E-state index contributed by atoms with van der Waals surface area (Å²) in [5, 5.41) is 5.40. The van der Waals surface area contributed by atoms with E-state index < -0.39 is 9.84 Å². The highest BCUT2D eigenvalue weighted by molar-refractivity contribution is 7.90. The van der Waals surface area contributed by atoms with E-state index in [9.17, 15) is 18.0 Å². The summed E-state index contributed by atoms with van der Waals surface area (Å²) in [6.45, 7) is 1.73. The molecule has 0 bridgehead atoms. The van der Waals surface area contributed by atoms with Crippen molar-refractivity contribution in [2.75, 3.05) is 11.6 Å². The first-order chi connectivity index (χ1) is 11.8. The van der Waals surface area contributed by atoms with Crippen molar-refractivity contribution >= 4 is 27.3 Å². The fourth-order valence-electron chi connectivity index (χ4n) is 2.24. The quantitative estimate of drug-likeness (QED) is 0.826. The molecular weight excluding hydrogens is 340 g/mol. The number of nitrogens with one attached hydrogen (secondary N) is 2. The van der Waals surface area contributed by atoms with Gasteiger partial charge in [-0.05, 0) is 37.3 Å². The molecule has 0 saturated heterocycles. The Balaban J connectivity index is 1.93. The van der Waals surface area contributed by atoms with Crippen LogP contribution in [-0.2, 0) is 14.6 Å². The Labute approximate surface area is 147 Å². The minimum atomic E-state index is -3.34. The molecule has 0 heterocycles. The van der Waals surface area contributed by atoms with Gasteiger partial charge in [0, 0.05) is 30.0 Å². The van der Waals surface area contributed by atoms with Crippen molar-refractivity contribution in [3.05, 3.63) is 60.2 Å². The summed E-state index contributed by atoms with van der Waals surface area (Å²) in [5.74, 6) is -0.563. The lowest BCUT2D eigenvalue weighted by Gasteiger charge is -2.14. The van der Waals surface area contributed by atoms with E-state index in [0.29, 0.717) is 11.3 Å². The average molecular weight is 360 g/mol. The zero-order valence-corrected chi connectivity index (χ0v) is 14.8. The summed E-state index contributed by atoms with van der Waals surface area (Å²) in [6.07, 6.45) is 1.18. The molecule has 1 atom stereocenters. The summed E-state index contributed by atoms with van der Waals surface area (Å²) < 4.78 is 23.1. The highest BCUT2D eigenvalue weighted by Crippen LogP contribution is 2.15. The molecule has 0 fully saturated rings. The Bertz CT molecular complexity index is 864. The van der Waals surface area contributed by atoms with Gasteiger partial charge in [0.05, 0.1) is 4.90 Å². The normalized spacial score (nSPS) is 12.2. The molecule has 0 spiro atoms. The second-order valence-electron chi connectivity index (χ2n) is 5.79. The van der Waals surface area contributed by atoms with Crippen LogP contribution in [0.3, 0.4) is 0 Å². The van der Waals surface area contributed by atoms with Crippen LogP contribution >= 0.6 is 0 Å². The van der Waals surface area contributed by atoms with Gasteiger partial charge in [-0.25, -0.2) is 8.42 Å². The zero-order chi connectivity index (χ0) is 18.4. The lowest BCUT2D eigenvalue weighted by atomic mass is 10.1. The summed E-state index contributed by atoms with van der Waals surface area (Å²) in [5.41, 5.74) is 0.921. The van der Waals surface area contributed by atoms with Crippen LogP contribution in [0.15, 0.2) is 59.5 Å². The van der Waals surface area contributed by atoms with Crippen LogP contribution in [-0.4, -0.2) is 32.5 Å². The summed E-state index contributed by atoms with van der Waals surface area (Å²) in [4.78, 5) is 24.3. The fourth-order valence-corrected chi connectivity index (χ4v) is 2.91. The van der Waals surface area contributed by atoms with E-state index in [1.807, 2.05) is 6.07 Å².